The molecule has 0 bridgehead atoms. The normalized spacial score (nSPS) is 18.3. The van der Waals surface area contributed by atoms with Crippen molar-refractivity contribution < 1.29 is 37.4 Å². The fourth-order valence-corrected chi connectivity index (χ4v) is 3.59. The highest BCUT2D eigenvalue weighted by molar-refractivity contribution is 6.21. The fourth-order valence-electron chi connectivity index (χ4n) is 3.59. The van der Waals surface area contributed by atoms with Crippen LogP contribution in [-0.4, -0.2) is 48.2 Å². The number of halogens is 2. The smallest absolute Gasteiger partial charge is 0.444 e. The molecule has 2 aromatic rings. The number of anilines is 1. The summed E-state index contributed by atoms with van der Waals surface area (Å²) >= 11 is 0. The van der Waals surface area contributed by atoms with Crippen molar-refractivity contribution in [2.45, 2.75) is 38.8 Å². The molecule has 0 radical (unpaired) electrons. The number of nitrogens with one attached hydrogen (secondary N) is 1. The predicted molar refractivity (Wildman–Crippen MR) is 119 cm³/mol. The van der Waals surface area contributed by atoms with Gasteiger partial charge < -0.3 is 19.9 Å². The van der Waals surface area contributed by atoms with Crippen LogP contribution in [0.3, 0.4) is 0 Å². The Morgan fingerprint density at radius 2 is 1.86 bits per heavy atom. The lowest BCUT2D eigenvalue weighted by Gasteiger charge is -2.25. The predicted octanol–water partition coefficient (Wildman–Crippen LogP) is 2.53. The number of hydrogen-bond donors (Lipinski definition) is 2. The number of carbonyl (C=O) groups is 3. The molecule has 2 aromatic carbocycles. The van der Waals surface area contributed by atoms with Crippen LogP contribution >= 0.6 is 0 Å². The Kier molecular flexibility index (Phi) is 5.83. The molecule has 3 N–H and O–H groups in total. The number of benzene rings is 2. The molecule has 12 heteroatoms. The molecule has 1 atom stereocenters. The Balaban J connectivity index is 1.83. The van der Waals surface area contributed by atoms with E-state index in [1.165, 1.54) is 18.2 Å². The molecule has 0 aromatic heterocycles. The fraction of sp³-hybridized carbons (Fsp3) is 0.304. The van der Waals surface area contributed by atoms with Gasteiger partial charge in [0, 0.05) is 11.1 Å². The minimum atomic E-state index is -3.82. The number of alkyl halides is 2. The van der Waals surface area contributed by atoms with Gasteiger partial charge >= 0.3 is 12.4 Å². The quantitative estimate of drug-likeness (QED) is 0.680. The molecule has 4 rings (SSSR count). The maximum absolute atomic E-state index is 13.5. The van der Waals surface area contributed by atoms with Crippen LogP contribution in [0.15, 0.2) is 47.5 Å². The summed E-state index contributed by atoms with van der Waals surface area (Å²) in [5.41, 5.74) is 5.65. The lowest BCUT2D eigenvalue weighted by molar-refractivity contribution is -0.286. The number of hydrogen-bond acceptors (Lipinski definition) is 7. The zero-order chi connectivity index (χ0) is 25.5. The van der Waals surface area contributed by atoms with Crippen molar-refractivity contribution in [2.24, 2.45) is 10.7 Å². The lowest BCUT2D eigenvalue weighted by atomic mass is 9.99. The molecule has 0 fully saturated rings. The van der Waals surface area contributed by atoms with Crippen LogP contribution in [0.2, 0.25) is 0 Å². The van der Waals surface area contributed by atoms with Gasteiger partial charge in [-0.2, -0.15) is 0 Å². The van der Waals surface area contributed by atoms with E-state index in [1.807, 2.05) is 0 Å². The SMILES string of the molecule is CC(C)(C)OC(=O)NC1N=C(c2ccc3c(c2)OC(F)(F)O3)c2ccccc2N(CC(N)=O)C1=O. The highest BCUT2D eigenvalue weighted by atomic mass is 19.3. The second-order valence-corrected chi connectivity index (χ2v) is 8.76. The molecule has 1 unspecified atom stereocenters. The number of nitrogens with zero attached hydrogens (tertiary/aromatic N) is 2. The molecule has 0 aliphatic carbocycles. The highest BCUT2D eigenvalue weighted by Crippen LogP contribution is 2.42. The molecule has 184 valence electrons. The Hall–Kier alpha value is -4.22. The molecule has 0 spiro atoms. The van der Waals surface area contributed by atoms with Crippen LogP contribution in [-0.2, 0) is 14.3 Å². The van der Waals surface area contributed by atoms with E-state index in [9.17, 15) is 23.2 Å². The Labute approximate surface area is 198 Å². The summed E-state index contributed by atoms with van der Waals surface area (Å²) in [7, 11) is 0. The number of carbonyl (C=O) groups excluding carboxylic acids is 3. The molecule has 0 saturated heterocycles. The largest absolute Gasteiger partial charge is 0.586 e. The maximum Gasteiger partial charge on any atom is 0.586 e. The summed E-state index contributed by atoms with van der Waals surface area (Å²) in [6.07, 6.45) is -6.26. The number of fused-ring (bicyclic) bond motifs is 2. The first-order valence-corrected chi connectivity index (χ1v) is 10.5. The van der Waals surface area contributed by atoms with Crippen LogP contribution in [0.5, 0.6) is 11.5 Å². The van der Waals surface area contributed by atoms with Crippen molar-refractivity contribution in [3.05, 3.63) is 53.6 Å². The first-order valence-electron chi connectivity index (χ1n) is 10.5. The molecule has 35 heavy (non-hydrogen) atoms. The van der Waals surface area contributed by atoms with Crippen molar-refractivity contribution in [1.29, 1.82) is 0 Å². The monoisotopic (exact) mass is 488 g/mol. The van der Waals surface area contributed by atoms with Crippen LogP contribution in [0.4, 0.5) is 19.3 Å². The number of benzodiazepines with no additional fused rings is 1. The van der Waals surface area contributed by atoms with Gasteiger partial charge in [0.15, 0.2) is 11.5 Å². The second kappa shape index (κ2) is 8.53. The Morgan fingerprint density at radius 3 is 2.54 bits per heavy atom. The average molecular weight is 488 g/mol. The van der Waals surface area contributed by atoms with Gasteiger partial charge in [-0.1, -0.05) is 18.2 Å². The van der Waals surface area contributed by atoms with Gasteiger partial charge in [0.25, 0.3) is 5.91 Å². The number of amides is 3. The Bertz CT molecular complexity index is 1240. The minimum Gasteiger partial charge on any atom is -0.444 e. The van der Waals surface area contributed by atoms with Gasteiger partial charge in [-0.25, -0.2) is 9.79 Å². The number of nitrogens with two attached hydrogens (primary N) is 1. The number of rotatable bonds is 4. The molecule has 0 saturated carbocycles. The molecular formula is C23H22F2N4O6. The number of para-hydroxylation sites is 1. The van der Waals surface area contributed by atoms with E-state index < -0.39 is 42.5 Å². The van der Waals surface area contributed by atoms with E-state index in [0.717, 1.165) is 4.90 Å². The number of ether oxygens (including phenoxy) is 3. The van der Waals surface area contributed by atoms with Gasteiger partial charge in [-0.3, -0.25) is 19.8 Å². The molecule has 2 aliphatic heterocycles. The van der Waals surface area contributed by atoms with Crippen LogP contribution in [0.25, 0.3) is 0 Å². The number of aliphatic imine (C=N–C) groups is 1. The van der Waals surface area contributed by atoms with Crippen molar-refractivity contribution >= 4 is 29.3 Å². The topological polar surface area (TPSA) is 133 Å². The van der Waals surface area contributed by atoms with E-state index in [1.54, 1.807) is 45.0 Å². The molecule has 2 heterocycles. The average Bonchev–Trinajstić information content (AvgIpc) is 3.00. The van der Waals surface area contributed by atoms with Gasteiger partial charge in [-0.05, 0) is 45.0 Å². The van der Waals surface area contributed by atoms with Crippen molar-refractivity contribution in [3.8, 4) is 11.5 Å². The third kappa shape index (κ3) is 5.15. The van der Waals surface area contributed by atoms with E-state index in [2.05, 4.69) is 19.8 Å². The van der Waals surface area contributed by atoms with Crippen molar-refractivity contribution in [1.82, 2.24) is 5.32 Å². The van der Waals surface area contributed by atoms with Crippen molar-refractivity contribution in [3.63, 3.8) is 0 Å². The van der Waals surface area contributed by atoms with E-state index >= 15 is 0 Å². The van der Waals surface area contributed by atoms with Gasteiger partial charge in [0.05, 0.1) is 11.4 Å². The zero-order valence-electron chi connectivity index (χ0n) is 19.0. The van der Waals surface area contributed by atoms with Crippen LogP contribution in [0, 0.1) is 0 Å². The van der Waals surface area contributed by atoms with E-state index in [0.29, 0.717) is 11.1 Å². The minimum absolute atomic E-state index is 0.170. The summed E-state index contributed by atoms with van der Waals surface area (Å²) < 4.78 is 41.3. The van der Waals surface area contributed by atoms with E-state index in [-0.39, 0.29) is 22.9 Å². The zero-order valence-corrected chi connectivity index (χ0v) is 19.0. The maximum atomic E-state index is 13.5. The van der Waals surface area contributed by atoms with Crippen LogP contribution < -0.4 is 25.4 Å². The van der Waals surface area contributed by atoms with Crippen LogP contribution in [0.1, 0.15) is 31.9 Å². The molecular weight excluding hydrogens is 466 g/mol. The van der Waals surface area contributed by atoms with Gasteiger partial charge in [-0.15, -0.1) is 8.78 Å². The van der Waals surface area contributed by atoms with E-state index in [4.69, 9.17) is 10.5 Å². The summed E-state index contributed by atoms with van der Waals surface area (Å²) in [6.45, 7) is 4.45. The first kappa shape index (κ1) is 23.9. The van der Waals surface area contributed by atoms with Gasteiger partial charge in [0.1, 0.15) is 12.1 Å². The summed E-state index contributed by atoms with van der Waals surface area (Å²) in [4.78, 5) is 43.2. The third-order valence-electron chi connectivity index (χ3n) is 4.85. The molecule has 2 aliphatic rings. The molecule has 3 amide bonds. The summed E-state index contributed by atoms with van der Waals surface area (Å²) in [5, 5.41) is 2.40. The lowest BCUT2D eigenvalue weighted by Crippen LogP contribution is -2.50. The Morgan fingerprint density at radius 1 is 1.17 bits per heavy atom. The third-order valence-corrected chi connectivity index (χ3v) is 4.85. The molecule has 10 nitrogen and oxygen atoms in total. The number of alkyl carbamates (subject to hydrolysis) is 1. The standard InChI is InChI=1S/C23H22F2N4O6/c1-22(2,3)35-21(32)28-19-20(31)29(11-17(26)30)14-7-5-4-6-13(14)18(27-19)12-8-9-15-16(10-12)34-23(24,25)33-15/h4-10,19H,11H2,1-3H3,(H2,26,30)(H,28,32). The second-order valence-electron chi connectivity index (χ2n) is 8.76. The first-order chi connectivity index (χ1) is 16.3. The summed E-state index contributed by atoms with van der Waals surface area (Å²) in [5.74, 6) is -1.94. The summed E-state index contributed by atoms with van der Waals surface area (Å²) in [6, 6.07) is 10.5. The van der Waals surface area contributed by atoms with Gasteiger partial charge in [0.2, 0.25) is 12.1 Å². The number of primary amides is 1. The highest BCUT2D eigenvalue weighted by Gasteiger charge is 2.44. The van der Waals surface area contributed by atoms with Crippen molar-refractivity contribution in [2.75, 3.05) is 11.4 Å².